The molecule has 0 aromatic carbocycles. The first-order chi connectivity index (χ1) is 9.22. The molecule has 0 spiro atoms. The van der Waals surface area contributed by atoms with Crippen molar-refractivity contribution >= 4 is 27.7 Å². The Morgan fingerprint density at radius 3 is 3.00 bits per heavy atom. The topological polar surface area (TPSA) is 63.2 Å². The molecule has 102 valence electrons. The van der Waals surface area contributed by atoms with E-state index in [9.17, 15) is 4.79 Å². The van der Waals surface area contributed by atoms with Gasteiger partial charge in [-0.15, -0.1) is 0 Å². The van der Waals surface area contributed by atoms with Gasteiger partial charge in [-0.05, 0) is 60.3 Å². The number of anilines is 1. The smallest absolute Gasteiger partial charge is 0.266 e. The average Bonchev–Trinajstić information content (AvgIpc) is 2.41. The fourth-order valence-electron chi connectivity index (χ4n) is 2.58. The zero-order valence-electron chi connectivity index (χ0n) is 10.5. The van der Waals surface area contributed by atoms with Gasteiger partial charge in [0.15, 0.2) is 17.7 Å². The predicted octanol–water partition coefficient (Wildman–Crippen LogP) is 1.93. The highest BCUT2D eigenvalue weighted by molar-refractivity contribution is 9.10. The summed E-state index contributed by atoms with van der Waals surface area (Å²) in [6, 6.07) is 1.84. The maximum absolute atomic E-state index is 12.0. The molecule has 2 aliphatic heterocycles. The minimum Gasteiger partial charge on any atom is -0.477 e. The second-order valence-electron chi connectivity index (χ2n) is 5.03. The molecule has 0 radical (unpaired) electrons. The first-order valence-corrected chi connectivity index (χ1v) is 7.35. The SMILES string of the molecule is O=C1Nc2ncc(Br)cc2OC1CC1CCNCC1. The maximum atomic E-state index is 12.0. The molecule has 1 atom stereocenters. The minimum atomic E-state index is -0.397. The first-order valence-electron chi connectivity index (χ1n) is 6.56. The molecule has 0 bridgehead atoms. The molecule has 1 saturated heterocycles. The van der Waals surface area contributed by atoms with E-state index in [1.165, 1.54) is 0 Å². The van der Waals surface area contributed by atoms with Gasteiger partial charge in [0.25, 0.3) is 5.91 Å². The molecule has 2 aliphatic rings. The van der Waals surface area contributed by atoms with Crippen molar-refractivity contribution in [2.45, 2.75) is 25.4 Å². The summed E-state index contributed by atoms with van der Waals surface area (Å²) in [6.45, 7) is 2.06. The van der Waals surface area contributed by atoms with Gasteiger partial charge in [-0.1, -0.05) is 0 Å². The van der Waals surface area contributed by atoms with Gasteiger partial charge < -0.3 is 15.4 Å². The molecular weight excluding hydrogens is 310 g/mol. The molecular formula is C13H16BrN3O2. The second-order valence-corrected chi connectivity index (χ2v) is 5.94. The number of carbonyl (C=O) groups excluding carboxylic acids is 1. The molecule has 3 heterocycles. The van der Waals surface area contributed by atoms with Crippen LogP contribution in [-0.2, 0) is 4.79 Å². The van der Waals surface area contributed by atoms with Crippen LogP contribution in [0.3, 0.4) is 0 Å². The van der Waals surface area contributed by atoms with Gasteiger partial charge in [0.2, 0.25) is 0 Å². The van der Waals surface area contributed by atoms with Crippen LogP contribution in [0.5, 0.6) is 5.75 Å². The Morgan fingerprint density at radius 1 is 1.42 bits per heavy atom. The third-order valence-electron chi connectivity index (χ3n) is 3.63. The highest BCUT2D eigenvalue weighted by Gasteiger charge is 2.31. The zero-order chi connectivity index (χ0) is 13.2. The quantitative estimate of drug-likeness (QED) is 0.872. The van der Waals surface area contributed by atoms with Crippen LogP contribution < -0.4 is 15.4 Å². The van der Waals surface area contributed by atoms with E-state index < -0.39 is 6.10 Å². The number of piperidine rings is 1. The van der Waals surface area contributed by atoms with Crippen LogP contribution in [0.2, 0.25) is 0 Å². The van der Waals surface area contributed by atoms with E-state index in [4.69, 9.17) is 4.74 Å². The molecule has 2 N–H and O–H groups in total. The Labute approximate surface area is 120 Å². The summed E-state index contributed by atoms with van der Waals surface area (Å²) >= 11 is 3.36. The van der Waals surface area contributed by atoms with Gasteiger partial charge in [-0.3, -0.25) is 4.79 Å². The van der Waals surface area contributed by atoms with Crippen molar-refractivity contribution in [3.8, 4) is 5.75 Å². The largest absolute Gasteiger partial charge is 0.477 e. The highest BCUT2D eigenvalue weighted by atomic mass is 79.9. The van der Waals surface area contributed by atoms with Crippen molar-refractivity contribution in [3.63, 3.8) is 0 Å². The van der Waals surface area contributed by atoms with E-state index in [0.717, 1.165) is 36.8 Å². The lowest BCUT2D eigenvalue weighted by Crippen LogP contribution is -2.40. The van der Waals surface area contributed by atoms with Crippen molar-refractivity contribution in [2.75, 3.05) is 18.4 Å². The van der Waals surface area contributed by atoms with Crippen molar-refractivity contribution < 1.29 is 9.53 Å². The van der Waals surface area contributed by atoms with Crippen molar-refractivity contribution in [2.24, 2.45) is 5.92 Å². The molecule has 1 unspecified atom stereocenters. The Kier molecular flexibility index (Phi) is 3.70. The molecule has 0 aliphatic carbocycles. The number of aromatic nitrogens is 1. The number of hydrogen-bond acceptors (Lipinski definition) is 4. The third kappa shape index (κ3) is 2.90. The molecule has 1 amide bonds. The van der Waals surface area contributed by atoms with E-state index in [1.54, 1.807) is 6.20 Å². The van der Waals surface area contributed by atoms with Gasteiger partial charge in [0.1, 0.15) is 0 Å². The highest BCUT2D eigenvalue weighted by Crippen LogP contribution is 2.32. The fourth-order valence-corrected chi connectivity index (χ4v) is 2.89. The average molecular weight is 326 g/mol. The van der Waals surface area contributed by atoms with E-state index >= 15 is 0 Å². The van der Waals surface area contributed by atoms with Gasteiger partial charge in [0, 0.05) is 10.7 Å². The molecule has 1 aromatic heterocycles. The monoisotopic (exact) mass is 325 g/mol. The number of ether oxygens (including phenoxy) is 1. The van der Waals surface area contributed by atoms with Gasteiger partial charge in [-0.2, -0.15) is 0 Å². The summed E-state index contributed by atoms with van der Waals surface area (Å²) < 4.78 is 6.65. The number of fused-ring (bicyclic) bond motifs is 1. The Bertz CT molecular complexity index is 489. The van der Waals surface area contributed by atoms with Crippen LogP contribution in [0.25, 0.3) is 0 Å². The Balaban J connectivity index is 1.71. The number of nitrogens with one attached hydrogen (secondary N) is 2. The van der Waals surface area contributed by atoms with Gasteiger partial charge in [0.05, 0.1) is 0 Å². The minimum absolute atomic E-state index is 0.0825. The van der Waals surface area contributed by atoms with Crippen LogP contribution in [0.15, 0.2) is 16.7 Å². The molecule has 1 fully saturated rings. The van der Waals surface area contributed by atoms with Crippen molar-refractivity contribution in [1.29, 1.82) is 0 Å². The molecule has 6 heteroatoms. The van der Waals surface area contributed by atoms with Crippen LogP contribution in [0, 0.1) is 5.92 Å². The lowest BCUT2D eigenvalue weighted by molar-refractivity contribution is -0.124. The van der Waals surface area contributed by atoms with Gasteiger partial charge >= 0.3 is 0 Å². The first kappa shape index (κ1) is 12.9. The van der Waals surface area contributed by atoms with E-state index in [1.807, 2.05) is 6.07 Å². The van der Waals surface area contributed by atoms with E-state index in [0.29, 0.717) is 17.5 Å². The van der Waals surface area contributed by atoms with Crippen LogP contribution >= 0.6 is 15.9 Å². The number of halogens is 1. The molecule has 19 heavy (non-hydrogen) atoms. The lowest BCUT2D eigenvalue weighted by atomic mass is 9.91. The number of amides is 1. The van der Waals surface area contributed by atoms with Crippen LogP contribution in [0.1, 0.15) is 19.3 Å². The summed E-state index contributed by atoms with van der Waals surface area (Å²) in [7, 11) is 0. The Morgan fingerprint density at radius 2 is 2.21 bits per heavy atom. The molecule has 3 rings (SSSR count). The zero-order valence-corrected chi connectivity index (χ0v) is 12.1. The molecule has 0 saturated carbocycles. The standard InChI is InChI=1S/C13H16BrN3O2/c14-9-6-10-12(16-7-9)17-13(18)11(19-10)5-8-1-3-15-4-2-8/h6-8,11,15H,1-5H2,(H,16,17,18). The molecule has 1 aromatic rings. The summed E-state index contributed by atoms with van der Waals surface area (Å²) in [5.74, 6) is 1.63. The number of rotatable bonds is 2. The maximum Gasteiger partial charge on any atom is 0.266 e. The predicted molar refractivity (Wildman–Crippen MR) is 75.2 cm³/mol. The normalized spacial score (nSPS) is 23.4. The number of nitrogens with zero attached hydrogens (tertiary/aromatic N) is 1. The fraction of sp³-hybridized carbons (Fsp3) is 0.538. The number of carbonyl (C=O) groups is 1. The van der Waals surface area contributed by atoms with Crippen molar-refractivity contribution in [1.82, 2.24) is 10.3 Å². The van der Waals surface area contributed by atoms with E-state index in [2.05, 4.69) is 31.5 Å². The summed E-state index contributed by atoms with van der Waals surface area (Å²) in [5, 5.41) is 6.14. The lowest BCUT2D eigenvalue weighted by Gasteiger charge is -2.29. The van der Waals surface area contributed by atoms with Crippen LogP contribution in [0.4, 0.5) is 5.82 Å². The Hall–Kier alpha value is -1.14. The van der Waals surface area contributed by atoms with Crippen LogP contribution in [-0.4, -0.2) is 30.1 Å². The van der Waals surface area contributed by atoms with Crippen molar-refractivity contribution in [3.05, 3.63) is 16.7 Å². The molecule has 5 nitrogen and oxygen atoms in total. The number of pyridine rings is 1. The van der Waals surface area contributed by atoms with Gasteiger partial charge in [-0.25, -0.2) is 4.98 Å². The summed E-state index contributed by atoms with van der Waals surface area (Å²) in [6.07, 6.45) is 4.24. The third-order valence-corrected chi connectivity index (χ3v) is 4.06. The number of hydrogen-bond donors (Lipinski definition) is 2. The van der Waals surface area contributed by atoms with E-state index in [-0.39, 0.29) is 5.91 Å². The summed E-state index contributed by atoms with van der Waals surface area (Å²) in [5.41, 5.74) is 0. The summed E-state index contributed by atoms with van der Waals surface area (Å²) in [4.78, 5) is 16.1. The second kappa shape index (κ2) is 5.46.